The van der Waals surface area contributed by atoms with Crippen LogP contribution in [-0.2, 0) is 11.2 Å². The van der Waals surface area contributed by atoms with Crippen molar-refractivity contribution in [1.29, 1.82) is 0 Å². The highest BCUT2D eigenvalue weighted by Gasteiger charge is 2.30. The van der Waals surface area contributed by atoms with Crippen molar-refractivity contribution in [2.75, 3.05) is 58.9 Å². The van der Waals surface area contributed by atoms with E-state index in [2.05, 4.69) is 28.0 Å². The summed E-state index contributed by atoms with van der Waals surface area (Å²) >= 11 is 0. The van der Waals surface area contributed by atoms with Crippen molar-refractivity contribution in [3.63, 3.8) is 0 Å². The van der Waals surface area contributed by atoms with Gasteiger partial charge in [0, 0.05) is 64.0 Å². The fraction of sp³-hybridized carbons (Fsp3) is 0.500. The molecule has 2 aliphatic heterocycles. The third-order valence-corrected chi connectivity index (χ3v) is 7.76. The molecule has 1 saturated carbocycles. The van der Waals surface area contributed by atoms with E-state index in [4.69, 9.17) is 0 Å². The molecule has 1 aliphatic carbocycles. The molecule has 2 aromatic carbocycles. The number of carbonyl (C=O) groups excluding carboxylic acids is 2. The number of benzene rings is 2. The Balaban J connectivity index is 1.11. The molecule has 3 aliphatic rings. The molecule has 2 saturated heterocycles. The van der Waals surface area contributed by atoms with Gasteiger partial charge in [-0.2, -0.15) is 0 Å². The Morgan fingerprint density at radius 1 is 0.735 bits per heavy atom. The topological polar surface area (TPSA) is 47.1 Å². The molecule has 0 N–H and O–H groups in total. The second-order valence-corrected chi connectivity index (χ2v) is 9.89. The van der Waals surface area contributed by atoms with Crippen LogP contribution >= 0.6 is 0 Å². The molecule has 0 bridgehead atoms. The number of hydrogen-bond donors (Lipinski definition) is 0. The van der Waals surface area contributed by atoms with Gasteiger partial charge in [0.25, 0.3) is 5.91 Å². The van der Waals surface area contributed by atoms with Crippen molar-refractivity contribution in [2.24, 2.45) is 0 Å². The molecule has 2 aromatic rings. The van der Waals surface area contributed by atoms with Crippen LogP contribution in [-0.4, -0.2) is 96.4 Å². The maximum Gasteiger partial charge on any atom is 0.254 e. The maximum atomic E-state index is 13.3. The molecule has 0 aromatic heterocycles. The Kier molecular flexibility index (Phi) is 7.26. The van der Waals surface area contributed by atoms with E-state index in [0.29, 0.717) is 19.6 Å². The van der Waals surface area contributed by atoms with Crippen LogP contribution < -0.4 is 0 Å². The third kappa shape index (κ3) is 5.34. The first kappa shape index (κ1) is 23.1. The van der Waals surface area contributed by atoms with Gasteiger partial charge in [0.2, 0.25) is 5.91 Å². The first-order chi connectivity index (χ1) is 16.7. The molecule has 5 rings (SSSR count). The molecule has 6 heteroatoms. The molecule has 34 heavy (non-hydrogen) atoms. The summed E-state index contributed by atoms with van der Waals surface area (Å²) in [6, 6.07) is 19.0. The van der Waals surface area contributed by atoms with Crippen molar-refractivity contribution in [1.82, 2.24) is 19.6 Å². The SMILES string of the molecule is O=C(CN1CCN(C(=O)c2ccccc2Cc2ccccc2)CC1)N1CCN(C2CCC2)CC1. The van der Waals surface area contributed by atoms with Gasteiger partial charge in [0.15, 0.2) is 0 Å². The van der Waals surface area contributed by atoms with Gasteiger partial charge in [0.05, 0.1) is 6.54 Å². The summed E-state index contributed by atoms with van der Waals surface area (Å²) in [5, 5.41) is 0. The molecule has 2 amide bonds. The standard InChI is InChI=1S/C28H36N4O2/c33-27(31-19-17-30(18-20-31)25-10-6-11-25)22-29-13-15-32(16-14-29)28(34)26-12-5-4-9-24(26)21-23-7-2-1-3-8-23/h1-5,7-9,12,25H,6,10-11,13-22H2. The van der Waals surface area contributed by atoms with Gasteiger partial charge in [-0.15, -0.1) is 0 Å². The number of nitrogens with zero attached hydrogens (tertiary/aromatic N) is 4. The normalized spacial score (nSPS) is 20.2. The summed E-state index contributed by atoms with van der Waals surface area (Å²) in [5.41, 5.74) is 3.07. The van der Waals surface area contributed by atoms with E-state index >= 15 is 0 Å². The van der Waals surface area contributed by atoms with E-state index < -0.39 is 0 Å². The lowest BCUT2D eigenvalue weighted by molar-refractivity contribution is -0.135. The zero-order valence-corrected chi connectivity index (χ0v) is 20.1. The zero-order chi connectivity index (χ0) is 23.3. The minimum Gasteiger partial charge on any atom is -0.339 e. The Labute approximate surface area is 203 Å². The first-order valence-corrected chi connectivity index (χ1v) is 12.8. The second-order valence-electron chi connectivity index (χ2n) is 9.89. The summed E-state index contributed by atoms with van der Waals surface area (Å²) in [4.78, 5) is 34.9. The molecule has 0 radical (unpaired) electrons. The Morgan fingerprint density at radius 2 is 1.38 bits per heavy atom. The molecule has 0 spiro atoms. The number of amides is 2. The Bertz CT molecular complexity index is 975. The van der Waals surface area contributed by atoms with E-state index in [0.717, 1.165) is 62.9 Å². The van der Waals surface area contributed by atoms with E-state index in [1.807, 2.05) is 46.2 Å². The van der Waals surface area contributed by atoms with Crippen molar-refractivity contribution >= 4 is 11.8 Å². The van der Waals surface area contributed by atoms with E-state index in [1.54, 1.807) is 0 Å². The summed E-state index contributed by atoms with van der Waals surface area (Å²) < 4.78 is 0. The number of piperazine rings is 2. The Hall–Kier alpha value is -2.70. The minimum absolute atomic E-state index is 0.102. The van der Waals surface area contributed by atoms with Crippen LogP contribution in [0, 0.1) is 0 Å². The van der Waals surface area contributed by atoms with Crippen molar-refractivity contribution in [2.45, 2.75) is 31.7 Å². The van der Waals surface area contributed by atoms with Gasteiger partial charge in [-0.1, -0.05) is 55.0 Å². The molecule has 180 valence electrons. The van der Waals surface area contributed by atoms with E-state index in [1.165, 1.54) is 24.8 Å². The van der Waals surface area contributed by atoms with Gasteiger partial charge >= 0.3 is 0 Å². The predicted molar refractivity (Wildman–Crippen MR) is 134 cm³/mol. The van der Waals surface area contributed by atoms with E-state index in [9.17, 15) is 9.59 Å². The van der Waals surface area contributed by atoms with Gasteiger partial charge in [-0.05, 0) is 36.5 Å². The lowest BCUT2D eigenvalue weighted by atomic mass is 9.91. The largest absolute Gasteiger partial charge is 0.339 e. The van der Waals surface area contributed by atoms with E-state index in [-0.39, 0.29) is 11.8 Å². The average molecular weight is 461 g/mol. The van der Waals surface area contributed by atoms with Crippen LogP contribution in [0.15, 0.2) is 54.6 Å². The first-order valence-electron chi connectivity index (χ1n) is 12.8. The van der Waals surface area contributed by atoms with Crippen LogP contribution in [0.4, 0.5) is 0 Å². The third-order valence-electron chi connectivity index (χ3n) is 7.76. The summed E-state index contributed by atoms with van der Waals surface area (Å²) in [5.74, 6) is 0.339. The fourth-order valence-electron chi connectivity index (χ4n) is 5.36. The highest BCUT2D eigenvalue weighted by molar-refractivity contribution is 5.96. The number of rotatable bonds is 6. The monoisotopic (exact) mass is 460 g/mol. The quantitative estimate of drug-likeness (QED) is 0.665. The molecule has 2 heterocycles. The number of hydrogen-bond acceptors (Lipinski definition) is 4. The second kappa shape index (κ2) is 10.7. The maximum absolute atomic E-state index is 13.3. The predicted octanol–water partition coefficient (Wildman–Crippen LogP) is 2.73. The lowest BCUT2D eigenvalue weighted by Crippen LogP contribution is -2.56. The molecule has 0 atom stereocenters. The highest BCUT2D eigenvalue weighted by atomic mass is 16.2. The smallest absolute Gasteiger partial charge is 0.254 e. The van der Waals surface area contributed by atoms with Crippen LogP contribution in [0.25, 0.3) is 0 Å². The summed E-state index contributed by atoms with van der Waals surface area (Å²) in [6.07, 6.45) is 4.77. The molecule has 6 nitrogen and oxygen atoms in total. The van der Waals surface area contributed by atoms with Gasteiger partial charge in [0.1, 0.15) is 0 Å². The van der Waals surface area contributed by atoms with Crippen LogP contribution in [0.3, 0.4) is 0 Å². The van der Waals surface area contributed by atoms with Gasteiger partial charge < -0.3 is 9.80 Å². The lowest BCUT2D eigenvalue weighted by Gasteiger charge is -2.43. The minimum atomic E-state index is 0.102. The number of carbonyl (C=O) groups is 2. The Morgan fingerprint density at radius 3 is 2.06 bits per heavy atom. The average Bonchev–Trinajstić information content (AvgIpc) is 2.84. The van der Waals surface area contributed by atoms with Crippen LogP contribution in [0.1, 0.15) is 40.7 Å². The highest BCUT2D eigenvalue weighted by Crippen LogP contribution is 2.25. The van der Waals surface area contributed by atoms with Gasteiger partial charge in [-0.3, -0.25) is 19.4 Å². The van der Waals surface area contributed by atoms with Crippen LogP contribution in [0.5, 0.6) is 0 Å². The molecule has 0 unspecified atom stereocenters. The summed E-state index contributed by atoms with van der Waals surface area (Å²) in [6.45, 7) is 7.04. The molecule has 3 fully saturated rings. The fourth-order valence-corrected chi connectivity index (χ4v) is 5.36. The van der Waals surface area contributed by atoms with Crippen molar-refractivity contribution in [3.8, 4) is 0 Å². The zero-order valence-electron chi connectivity index (χ0n) is 20.1. The molecular weight excluding hydrogens is 424 g/mol. The van der Waals surface area contributed by atoms with Gasteiger partial charge in [-0.25, -0.2) is 0 Å². The van der Waals surface area contributed by atoms with Crippen LogP contribution in [0.2, 0.25) is 0 Å². The molecular formula is C28H36N4O2. The summed E-state index contributed by atoms with van der Waals surface area (Å²) in [7, 11) is 0. The van der Waals surface area contributed by atoms with Crippen molar-refractivity contribution < 1.29 is 9.59 Å². The van der Waals surface area contributed by atoms with Crippen molar-refractivity contribution in [3.05, 3.63) is 71.3 Å².